The second kappa shape index (κ2) is 4.29. The van der Waals surface area contributed by atoms with Crippen molar-refractivity contribution in [2.24, 2.45) is 0 Å². The molecule has 1 aliphatic rings. The van der Waals surface area contributed by atoms with Gasteiger partial charge < -0.3 is 0 Å². The number of hydrogen-bond donors (Lipinski definition) is 0. The predicted molar refractivity (Wildman–Crippen MR) is 81.6 cm³/mol. The third-order valence-electron chi connectivity index (χ3n) is 3.70. The van der Waals surface area contributed by atoms with E-state index in [9.17, 15) is 4.79 Å². The van der Waals surface area contributed by atoms with Crippen molar-refractivity contribution in [2.45, 2.75) is 19.3 Å². The molecule has 3 aromatic rings. The van der Waals surface area contributed by atoms with E-state index in [2.05, 4.69) is 12.1 Å². The Morgan fingerprint density at radius 2 is 2.05 bits per heavy atom. The summed E-state index contributed by atoms with van der Waals surface area (Å²) in [6, 6.07) is 10.3. The van der Waals surface area contributed by atoms with Crippen LogP contribution in [0.25, 0.3) is 10.1 Å². The number of carbonyl (C=O) groups excluding carboxylic acids is 1. The molecule has 3 heteroatoms. The minimum absolute atomic E-state index is 0.192. The zero-order valence-corrected chi connectivity index (χ0v) is 11.9. The molecule has 0 fully saturated rings. The molecule has 1 aromatic carbocycles. The topological polar surface area (TPSA) is 17.1 Å². The quantitative estimate of drug-likeness (QED) is 0.624. The summed E-state index contributed by atoms with van der Waals surface area (Å²) in [5, 5.41) is 3.09. The van der Waals surface area contributed by atoms with Crippen LogP contribution in [0.5, 0.6) is 0 Å². The molecule has 4 rings (SSSR count). The van der Waals surface area contributed by atoms with Gasteiger partial charge in [0.1, 0.15) is 0 Å². The SMILES string of the molecule is O=C(c1cc2c(s1)CCC2)c1csc2ccccc12. The summed E-state index contributed by atoms with van der Waals surface area (Å²) < 4.78 is 1.19. The monoisotopic (exact) mass is 284 g/mol. The fourth-order valence-corrected chi connectivity index (χ4v) is 4.88. The number of benzene rings is 1. The first-order valence-corrected chi connectivity index (χ1v) is 8.15. The molecule has 0 atom stereocenters. The van der Waals surface area contributed by atoms with Crippen molar-refractivity contribution in [3.63, 3.8) is 0 Å². The van der Waals surface area contributed by atoms with E-state index in [-0.39, 0.29) is 5.78 Å². The summed E-state index contributed by atoms with van der Waals surface area (Å²) in [5.74, 6) is 0.192. The molecule has 94 valence electrons. The lowest BCUT2D eigenvalue weighted by atomic mass is 10.1. The van der Waals surface area contributed by atoms with Gasteiger partial charge in [-0.3, -0.25) is 4.79 Å². The molecule has 0 amide bonds. The van der Waals surface area contributed by atoms with Crippen LogP contribution >= 0.6 is 22.7 Å². The first-order chi connectivity index (χ1) is 9.33. The van der Waals surface area contributed by atoms with Gasteiger partial charge in [0.2, 0.25) is 5.78 Å². The van der Waals surface area contributed by atoms with Crippen molar-refractivity contribution < 1.29 is 4.79 Å². The van der Waals surface area contributed by atoms with E-state index in [1.807, 2.05) is 23.6 Å². The first kappa shape index (κ1) is 11.4. The van der Waals surface area contributed by atoms with E-state index >= 15 is 0 Å². The first-order valence-electron chi connectivity index (χ1n) is 6.45. The number of fused-ring (bicyclic) bond motifs is 2. The summed E-state index contributed by atoms with van der Waals surface area (Å²) >= 11 is 3.34. The number of thiophene rings is 2. The summed E-state index contributed by atoms with van der Waals surface area (Å²) in [6.07, 6.45) is 3.54. The second-order valence-corrected chi connectivity index (χ2v) is 6.94. The highest BCUT2D eigenvalue weighted by Gasteiger charge is 2.21. The molecule has 2 heterocycles. The van der Waals surface area contributed by atoms with Gasteiger partial charge in [-0.15, -0.1) is 22.7 Å². The lowest BCUT2D eigenvalue weighted by molar-refractivity contribution is 0.104. The van der Waals surface area contributed by atoms with E-state index in [1.54, 1.807) is 22.7 Å². The molecule has 0 aliphatic heterocycles. The van der Waals surface area contributed by atoms with Crippen LogP contribution in [0.15, 0.2) is 35.7 Å². The normalized spacial score (nSPS) is 13.9. The Kier molecular flexibility index (Phi) is 2.57. The van der Waals surface area contributed by atoms with E-state index < -0.39 is 0 Å². The molecular formula is C16H12OS2. The van der Waals surface area contributed by atoms with Crippen molar-refractivity contribution >= 4 is 38.5 Å². The standard InChI is InChI=1S/C16H12OS2/c17-16(15-8-10-4-3-7-13(10)19-15)12-9-18-14-6-2-1-5-11(12)14/h1-2,5-6,8-9H,3-4,7H2. The van der Waals surface area contributed by atoms with E-state index in [0.29, 0.717) is 0 Å². The molecular weight excluding hydrogens is 272 g/mol. The van der Waals surface area contributed by atoms with E-state index in [0.717, 1.165) is 28.7 Å². The van der Waals surface area contributed by atoms with Crippen LogP contribution in [0.4, 0.5) is 0 Å². The lowest BCUT2D eigenvalue weighted by Gasteiger charge is -1.96. The van der Waals surface area contributed by atoms with Gasteiger partial charge in [0.15, 0.2) is 0 Å². The van der Waals surface area contributed by atoms with Crippen LogP contribution in [0, 0.1) is 0 Å². The van der Waals surface area contributed by atoms with Crippen molar-refractivity contribution in [3.8, 4) is 0 Å². The maximum absolute atomic E-state index is 12.6. The number of aryl methyl sites for hydroxylation is 2. The predicted octanol–water partition coefficient (Wildman–Crippen LogP) is 4.68. The summed E-state index contributed by atoms with van der Waals surface area (Å²) in [4.78, 5) is 15.0. The smallest absolute Gasteiger partial charge is 0.204 e. The van der Waals surface area contributed by atoms with E-state index in [4.69, 9.17) is 0 Å². The van der Waals surface area contributed by atoms with E-state index in [1.165, 1.54) is 21.6 Å². The van der Waals surface area contributed by atoms with Crippen LogP contribution in [-0.4, -0.2) is 5.78 Å². The minimum atomic E-state index is 0.192. The highest BCUT2D eigenvalue weighted by Crippen LogP contribution is 2.34. The summed E-state index contributed by atoms with van der Waals surface area (Å²) in [5.41, 5.74) is 2.26. The van der Waals surface area contributed by atoms with Crippen LogP contribution in [0.3, 0.4) is 0 Å². The highest BCUT2D eigenvalue weighted by atomic mass is 32.1. The molecule has 0 spiro atoms. The average Bonchev–Trinajstić information content (AvgIpc) is 3.11. The second-order valence-electron chi connectivity index (χ2n) is 4.89. The van der Waals surface area contributed by atoms with Gasteiger partial charge in [-0.1, -0.05) is 18.2 Å². The summed E-state index contributed by atoms with van der Waals surface area (Å²) in [6.45, 7) is 0. The van der Waals surface area contributed by atoms with Gasteiger partial charge in [0, 0.05) is 25.9 Å². The molecule has 0 saturated carbocycles. The Morgan fingerprint density at radius 1 is 1.16 bits per heavy atom. The third-order valence-corrected chi connectivity index (χ3v) is 5.90. The highest BCUT2D eigenvalue weighted by molar-refractivity contribution is 7.18. The Balaban J connectivity index is 1.81. The Labute approximate surface area is 119 Å². The zero-order valence-electron chi connectivity index (χ0n) is 10.3. The van der Waals surface area contributed by atoms with Gasteiger partial charge >= 0.3 is 0 Å². The van der Waals surface area contributed by atoms with Gasteiger partial charge in [0.25, 0.3) is 0 Å². The van der Waals surface area contributed by atoms with Gasteiger partial charge in [-0.2, -0.15) is 0 Å². The Hall–Kier alpha value is -1.45. The van der Waals surface area contributed by atoms with Crippen molar-refractivity contribution in [1.29, 1.82) is 0 Å². The van der Waals surface area contributed by atoms with Crippen molar-refractivity contribution in [3.05, 3.63) is 56.6 Å². The molecule has 1 nitrogen and oxygen atoms in total. The van der Waals surface area contributed by atoms with Crippen LogP contribution in [-0.2, 0) is 12.8 Å². The van der Waals surface area contributed by atoms with Gasteiger partial charge in [0.05, 0.1) is 4.88 Å². The van der Waals surface area contributed by atoms with Gasteiger partial charge in [-0.05, 0) is 37.0 Å². The Morgan fingerprint density at radius 3 is 2.95 bits per heavy atom. The van der Waals surface area contributed by atoms with Crippen LogP contribution < -0.4 is 0 Å². The molecule has 0 N–H and O–H groups in total. The summed E-state index contributed by atoms with van der Waals surface area (Å²) in [7, 11) is 0. The maximum Gasteiger partial charge on any atom is 0.204 e. The van der Waals surface area contributed by atoms with Crippen molar-refractivity contribution in [1.82, 2.24) is 0 Å². The van der Waals surface area contributed by atoms with Crippen LogP contribution in [0.1, 0.15) is 32.1 Å². The third kappa shape index (κ3) is 1.77. The maximum atomic E-state index is 12.6. The number of hydrogen-bond acceptors (Lipinski definition) is 3. The molecule has 2 aromatic heterocycles. The fourth-order valence-electron chi connectivity index (χ4n) is 2.73. The number of carbonyl (C=O) groups is 1. The van der Waals surface area contributed by atoms with Crippen LogP contribution in [0.2, 0.25) is 0 Å². The fraction of sp³-hybridized carbons (Fsp3) is 0.188. The average molecular weight is 284 g/mol. The molecule has 0 bridgehead atoms. The lowest BCUT2D eigenvalue weighted by Crippen LogP contribution is -1.97. The largest absolute Gasteiger partial charge is 0.288 e. The Bertz CT molecular complexity index is 758. The van der Waals surface area contributed by atoms with Gasteiger partial charge in [-0.25, -0.2) is 0 Å². The molecule has 0 unspecified atom stereocenters. The molecule has 1 aliphatic carbocycles. The zero-order chi connectivity index (χ0) is 12.8. The molecule has 19 heavy (non-hydrogen) atoms. The molecule has 0 saturated heterocycles. The van der Waals surface area contributed by atoms with Crippen molar-refractivity contribution in [2.75, 3.05) is 0 Å². The number of rotatable bonds is 2. The number of ketones is 1. The minimum Gasteiger partial charge on any atom is -0.288 e. The molecule has 0 radical (unpaired) electrons.